The summed E-state index contributed by atoms with van der Waals surface area (Å²) >= 11 is 0. The standard InChI is InChI=1S/C26H29N7O4S/c1-13-23(14(2)37-32-13)18-10-20-17(11-21(18)36-4)24-25(29-20)27-15(3)28-26(24)30-22-12-19(16-6-7-16)31-33(22)8-9-38(5,34)35/h10-12,16,27,29H,3,6-9H2,1-2,4-5H3,(H,28,30). The van der Waals surface area contributed by atoms with E-state index in [0.717, 1.165) is 57.6 Å². The number of fused-ring (bicyclic) bond motifs is 3. The van der Waals surface area contributed by atoms with Gasteiger partial charge in [-0.15, -0.1) is 0 Å². The highest BCUT2D eigenvalue weighted by atomic mass is 32.2. The molecule has 4 heterocycles. The highest BCUT2D eigenvalue weighted by molar-refractivity contribution is 7.90. The number of nitrogens with zero attached hydrogens (tertiary/aromatic N) is 4. The summed E-state index contributed by atoms with van der Waals surface area (Å²) in [5.74, 6) is 4.23. The van der Waals surface area contributed by atoms with Crippen molar-refractivity contribution < 1.29 is 17.7 Å². The average Bonchev–Trinajstić information content (AvgIpc) is 3.41. The number of aromatic nitrogens is 4. The molecule has 1 saturated carbocycles. The third-order valence-electron chi connectivity index (χ3n) is 6.88. The zero-order valence-electron chi connectivity index (χ0n) is 21.7. The predicted molar refractivity (Wildman–Crippen MR) is 146 cm³/mol. The van der Waals surface area contributed by atoms with Gasteiger partial charge in [-0.3, -0.25) is 0 Å². The number of H-pyrrole nitrogens is 1. The minimum Gasteiger partial charge on any atom is -0.496 e. The summed E-state index contributed by atoms with van der Waals surface area (Å²) in [5.41, 5.74) is 5.17. The van der Waals surface area contributed by atoms with Gasteiger partial charge in [0.25, 0.3) is 0 Å². The summed E-state index contributed by atoms with van der Waals surface area (Å²) in [4.78, 5) is 8.39. The Morgan fingerprint density at radius 3 is 2.66 bits per heavy atom. The quantitative estimate of drug-likeness (QED) is 0.321. The second-order valence-corrected chi connectivity index (χ2v) is 12.2. The first-order chi connectivity index (χ1) is 18.1. The maximum atomic E-state index is 11.9. The lowest BCUT2D eigenvalue weighted by molar-refractivity contribution is 0.393. The van der Waals surface area contributed by atoms with E-state index in [0.29, 0.717) is 34.9 Å². The Hall–Kier alpha value is -4.06. The predicted octanol–water partition coefficient (Wildman–Crippen LogP) is 4.13. The van der Waals surface area contributed by atoms with Crippen LogP contribution >= 0.6 is 0 Å². The Bertz CT molecular complexity index is 1720. The Kier molecular flexibility index (Phi) is 5.60. The number of anilines is 1. The molecule has 11 nitrogen and oxygen atoms in total. The van der Waals surface area contributed by atoms with Gasteiger partial charge in [0.15, 0.2) is 5.82 Å². The van der Waals surface area contributed by atoms with E-state index in [9.17, 15) is 8.42 Å². The van der Waals surface area contributed by atoms with Crippen LogP contribution in [0.2, 0.25) is 0 Å². The molecule has 0 radical (unpaired) electrons. The van der Waals surface area contributed by atoms with E-state index >= 15 is 0 Å². The molecule has 1 aromatic carbocycles. The summed E-state index contributed by atoms with van der Waals surface area (Å²) in [6.45, 7) is 8.06. The van der Waals surface area contributed by atoms with Gasteiger partial charge in [-0.1, -0.05) is 11.7 Å². The van der Waals surface area contributed by atoms with E-state index < -0.39 is 9.84 Å². The normalized spacial score (nSPS) is 16.5. The largest absolute Gasteiger partial charge is 0.496 e. The van der Waals surface area contributed by atoms with Crippen molar-refractivity contribution in [2.24, 2.45) is 4.99 Å². The molecule has 6 rings (SSSR count). The van der Waals surface area contributed by atoms with Gasteiger partial charge in [-0.25, -0.2) is 18.1 Å². The lowest BCUT2D eigenvalue weighted by Gasteiger charge is -2.21. The van der Waals surface area contributed by atoms with Crippen LogP contribution in [0.5, 0.6) is 5.75 Å². The maximum absolute atomic E-state index is 11.9. The van der Waals surface area contributed by atoms with Crippen LogP contribution in [0.3, 0.4) is 0 Å². The van der Waals surface area contributed by atoms with Gasteiger partial charge < -0.3 is 24.9 Å². The number of aryl methyl sites for hydroxylation is 3. The molecule has 3 N–H and O–H groups in total. The maximum Gasteiger partial charge on any atom is 0.153 e. The topological polar surface area (TPSA) is 139 Å². The number of aromatic amines is 1. The molecule has 3 aromatic heterocycles. The Labute approximate surface area is 219 Å². The fraction of sp³-hybridized carbons (Fsp3) is 0.346. The molecule has 0 spiro atoms. The molecule has 1 fully saturated rings. The van der Waals surface area contributed by atoms with Crippen LogP contribution in [0.25, 0.3) is 22.0 Å². The van der Waals surface area contributed by atoms with Crippen molar-refractivity contribution in [2.75, 3.05) is 24.4 Å². The van der Waals surface area contributed by atoms with Crippen molar-refractivity contribution in [3.63, 3.8) is 0 Å². The van der Waals surface area contributed by atoms with Gasteiger partial charge >= 0.3 is 0 Å². The monoisotopic (exact) mass is 535 g/mol. The van der Waals surface area contributed by atoms with Gasteiger partial charge in [-0.05, 0) is 38.8 Å². The first kappa shape index (κ1) is 24.3. The molecule has 1 aliphatic heterocycles. The number of hydrogen-bond acceptors (Lipinski definition) is 8. The average molecular weight is 536 g/mol. The minimum absolute atomic E-state index is 0.0155. The van der Waals surface area contributed by atoms with E-state index in [1.54, 1.807) is 11.8 Å². The number of aliphatic imine (C=N–C) groups is 1. The minimum atomic E-state index is -3.16. The summed E-state index contributed by atoms with van der Waals surface area (Å²) in [6, 6.07) is 5.93. The van der Waals surface area contributed by atoms with Crippen LogP contribution in [-0.2, 0) is 16.4 Å². The molecule has 0 amide bonds. The summed E-state index contributed by atoms with van der Waals surface area (Å²) in [5, 5.41) is 16.2. The molecule has 0 bridgehead atoms. The van der Waals surface area contributed by atoms with Crippen molar-refractivity contribution >= 4 is 38.2 Å². The molecule has 0 atom stereocenters. The molecule has 0 saturated heterocycles. The summed E-state index contributed by atoms with van der Waals surface area (Å²) in [7, 11) is -1.53. The van der Waals surface area contributed by atoms with Crippen molar-refractivity contribution in [2.45, 2.75) is 39.2 Å². The van der Waals surface area contributed by atoms with Crippen LogP contribution in [-0.4, -0.2) is 53.3 Å². The third-order valence-corrected chi connectivity index (χ3v) is 7.80. The van der Waals surface area contributed by atoms with E-state index in [2.05, 4.69) is 32.5 Å². The molecule has 0 unspecified atom stereocenters. The Morgan fingerprint density at radius 1 is 1.21 bits per heavy atom. The Morgan fingerprint density at radius 2 is 2.00 bits per heavy atom. The van der Waals surface area contributed by atoms with E-state index in [4.69, 9.17) is 14.3 Å². The van der Waals surface area contributed by atoms with Crippen molar-refractivity contribution in [3.8, 4) is 16.9 Å². The second-order valence-electron chi connectivity index (χ2n) is 9.92. The van der Waals surface area contributed by atoms with Gasteiger partial charge in [0.05, 0.1) is 41.9 Å². The van der Waals surface area contributed by atoms with Crippen molar-refractivity contribution in [1.82, 2.24) is 25.2 Å². The molecule has 38 heavy (non-hydrogen) atoms. The van der Waals surface area contributed by atoms with Crippen LogP contribution in [0.1, 0.15) is 41.5 Å². The lowest BCUT2D eigenvalue weighted by Crippen LogP contribution is -2.32. The van der Waals surface area contributed by atoms with Gasteiger partial charge in [0.1, 0.15) is 38.8 Å². The van der Waals surface area contributed by atoms with Crippen LogP contribution < -0.4 is 15.4 Å². The number of rotatable bonds is 7. The summed E-state index contributed by atoms with van der Waals surface area (Å²) < 4.78 is 36.6. The number of nitrogens with one attached hydrogen (secondary N) is 3. The number of ether oxygens (including phenoxy) is 1. The third kappa shape index (κ3) is 4.34. The highest BCUT2D eigenvalue weighted by Crippen LogP contribution is 2.42. The number of benzene rings is 1. The Balaban J connectivity index is 1.49. The fourth-order valence-electron chi connectivity index (χ4n) is 4.89. The molecule has 198 valence electrons. The van der Waals surface area contributed by atoms with Gasteiger partial charge in [0.2, 0.25) is 0 Å². The van der Waals surface area contributed by atoms with Crippen molar-refractivity contribution in [3.05, 3.63) is 53.3 Å². The van der Waals surface area contributed by atoms with E-state index in [1.165, 1.54) is 6.26 Å². The number of hydrogen-bond donors (Lipinski definition) is 3. The smallest absolute Gasteiger partial charge is 0.153 e. The number of sulfone groups is 1. The first-order valence-electron chi connectivity index (χ1n) is 12.4. The number of amidine groups is 1. The zero-order valence-corrected chi connectivity index (χ0v) is 22.5. The molecular weight excluding hydrogens is 506 g/mol. The van der Waals surface area contributed by atoms with E-state index in [-0.39, 0.29) is 12.3 Å². The molecule has 2 aliphatic rings. The van der Waals surface area contributed by atoms with Crippen LogP contribution in [0.15, 0.2) is 40.1 Å². The molecular formula is C26H29N7O4S. The molecule has 12 heteroatoms. The summed E-state index contributed by atoms with van der Waals surface area (Å²) in [6.07, 6.45) is 3.39. The van der Waals surface area contributed by atoms with Crippen LogP contribution in [0, 0.1) is 13.8 Å². The second kappa shape index (κ2) is 8.76. The van der Waals surface area contributed by atoms with E-state index in [1.807, 2.05) is 32.0 Å². The molecule has 1 aliphatic carbocycles. The van der Waals surface area contributed by atoms with Crippen molar-refractivity contribution in [1.29, 1.82) is 0 Å². The highest BCUT2D eigenvalue weighted by Gasteiger charge is 2.29. The first-order valence-corrected chi connectivity index (χ1v) is 14.4. The van der Waals surface area contributed by atoms with Crippen LogP contribution in [0.4, 0.5) is 11.6 Å². The van der Waals surface area contributed by atoms with Gasteiger partial charge in [-0.2, -0.15) is 5.10 Å². The number of methoxy groups -OCH3 is 1. The zero-order chi connectivity index (χ0) is 26.8. The SMILES string of the molecule is C=C1NC(=Nc2cc(C3CC3)nn2CCS(C)(=O)=O)c2c([nH]c3cc(-c4c(C)noc4C)c(OC)cc23)N1. The van der Waals surface area contributed by atoms with Gasteiger partial charge in [0, 0.05) is 34.7 Å². The fourth-order valence-corrected chi connectivity index (χ4v) is 5.40. The lowest BCUT2D eigenvalue weighted by atomic mass is 10.00. The molecule has 4 aromatic rings.